The number of β-lactam (4-membered cyclic amide) rings is 1. The van der Waals surface area contributed by atoms with Gasteiger partial charge in [-0.25, -0.2) is 9.59 Å². The fourth-order valence-electron chi connectivity index (χ4n) is 3.80. The van der Waals surface area contributed by atoms with Crippen molar-refractivity contribution in [1.82, 2.24) is 25.8 Å². The standard InChI is InChI=1S/C25H25N5O7/c1-2-29-12-13-30(23(34)22(29)33)25(36)28-19(21(32)27-18-14-26-20(18)31)15-8-10-17(11-9-15)37-24(35)16-6-4-3-5-7-16/h3-11,18-19H,2,12-14H2,1H3,(H,26,31)(H,27,32)(H,28,36). The van der Waals surface area contributed by atoms with Gasteiger partial charge in [0.25, 0.3) is 0 Å². The topological polar surface area (TPSA) is 154 Å². The zero-order chi connectivity index (χ0) is 26.5. The molecule has 0 bridgehead atoms. The molecule has 2 fully saturated rings. The third kappa shape index (κ3) is 5.58. The van der Waals surface area contributed by atoms with Gasteiger partial charge in [-0.3, -0.25) is 24.1 Å². The summed E-state index contributed by atoms with van der Waals surface area (Å²) < 4.78 is 5.35. The number of ether oxygens (including phenoxy) is 1. The van der Waals surface area contributed by atoms with E-state index in [4.69, 9.17) is 4.74 Å². The second-order valence-corrected chi connectivity index (χ2v) is 8.36. The van der Waals surface area contributed by atoms with Gasteiger partial charge in [-0.15, -0.1) is 0 Å². The Balaban J connectivity index is 1.50. The van der Waals surface area contributed by atoms with E-state index in [1.807, 2.05) is 0 Å². The highest BCUT2D eigenvalue weighted by Crippen LogP contribution is 2.21. The molecule has 192 valence electrons. The highest BCUT2D eigenvalue weighted by molar-refractivity contribution is 6.38. The van der Waals surface area contributed by atoms with Crippen LogP contribution in [-0.4, -0.2) is 77.6 Å². The second-order valence-electron chi connectivity index (χ2n) is 8.36. The van der Waals surface area contributed by atoms with Crippen LogP contribution in [0.25, 0.3) is 0 Å². The van der Waals surface area contributed by atoms with Gasteiger partial charge in [-0.1, -0.05) is 30.3 Å². The quantitative estimate of drug-likeness (QED) is 0.206. The van der Waals surface area contributed by atoms with Crippen molar-refractivity contribution >= 4 is 35.6 Å². The number of hydrogen-bond acceptors (Lipinski definition) is 7. The minimum Gasteiger partial charge on any atom is -0.423 e. The number of carbonyl (C=O) groups excluding carboxylic acids is 6. The molecule has 12 nitrogen and oxygen atoms in total. The summed E-state index contributed by atoms with van der Waals surface area (Å²) >= 11 is 0. The Kier molecular flexibility index (Phi) is 7.47. The maximum absolute atomic E-state index is 13.0. The Hall–Kier alpha value is -4.74. The maximum atomic E-state index is 13.0. The Morgan fingerprint density at radius 3 is 2.30 bits per heavy atom. The van der Waals surface area contributed by atoms with Crippen LogP contribution in [0.2, 0.25) is 0 Å². The van der Waals surface area contributed by atoms with E-state index in [2.05, 4.69) is 16.0 Å². The molecule has 3 N–H and O–H groups in total. The molecule has 0 aromatic heterocycles. The summed E-state index contributed by atoms with van der Waals surface area (Å²) in [6.45, 7) is 2.44. The van der Waals surface area contributed by atoms with Crippen LogP contribution in [0.15, 0.2) is 54.6 Å². The number of imide groups is 1. The SMILES string of the molecule is CCN1CCN(C(=O)NC(C(=O)NC2CNC2=O)c2ccc(OC(=O)c3ccccc3)cc2)C(=O)C1=O. The summed E-state index contributed by atoms with van der Waals surface area (Å²) in [5.74, 6) is -3.21. The highest BCUT2D eigenvalue weighted by Gasteiger charge is 2.38. The third-order valence-corrected chi connectivity index (χ3v) is 6.01. The molecular weight excluding hydrogens is 482 g/mol. The second kappa shape index (κ2) is 10.9. The smallest absolute Gasteiger partial charge is 0.343 e. The number of nitrogens with zero attached hydrogens (tertiary/aromatic N) is 2. The van der Waals surface area contributed by atoms with Gasteiger partial charge >= 0.3 is 23.8 Å². The predicted molar refractivity (Wildman–Crippen MR) is 128 cm³/mol. The number of esters is 1. The lowest BCUT2D eigenvalue weighted by atomic mass is 10.0. The molecule has 2 unspecified atom stereocenters. The van der Waals surface area contributed by atoms with Crippen LogP contribution < -0.4 is 20.7 Å². The van der Waals surface area contributed by atoms with Gasteiger partial charge in [0, 0.05) is 26.2 Å². The Bertz CT molecular complexity index is 1230. The molecule has 2 atom stereocenters. The van der Waals surface area contributed by atoms with Crippen molar-refractivity contribution in [1.29, 1.82) is 0 Å². The van der Waals surface area contributed by atoms with Crippen molar-refractivity contribution < 1.29 is 33.5 Å². The van der Waals surface area contributed by atoms with E-state index < -0.39 is 41.8 Å². The first-order valence-corrected chi connectivity index (χ1v) is 11.6. The Morgan fingerprint density at radius 1 is 1.00 bits per heavy atom. The average molecular weight is 508 g/mol. The summed E-state index contributed by atoms with van der Waals surface area (Å²) in [6, 6.07) is 11.3. The van der Waals surface area contributed by atoms with E-state index >= 15 is 0 Å². The normalized spacial score (nSPS) is 17.9. The lowest BCUT2D eigenvalue weighted by Gasteiger charge is -2.33. The molecule has 0 aliphatic carbocycles. The Labute approximate surface area is 211 Å². The first kappa shape index (κ1) is 25.4. The molecule has 12 heteroatoms. The van der Waals surface area contributed by atoms with Crippen molar-refractivity contribution in [2.24, 2.45) is 0 Å². The molecule has 37 heavy (non-hydrogen) atoms. The van der Waals surface area contributed by atoms with Crippen molar-refractivity contribution in [2.75, 3.05) is 26.2 Å². The highest BCUT2D eigenvalue weighted by atomic mass is 16.5. The molecule has 2 aromatic carbocycles. The first-order chi connectivity index (χ1) is 17.8. The Morgan fingerprint density at radius 2 is 1.70 bits per heavy atom. The molecule has 2 aromatic rings. The summed E-state index contributed by atoms with van der Waals surface area (Å²) in [7, 11) is 0. The zero-order valence-electron chi connectivity index (χ0n) is 19.9. The minimum atomic E-state index is -1.30. The molecular formula is C25H25N5O7. The maximum Gasteiger partial charge on any atom is 0.343 e. The van der Waals surface area contributed by atoms with E-state index in [0.717, 1.165) is 4.90 Å². The van der Waals surface area contributed by atoms with Gasteiger partial charge < -0.3 is 25.6 Å². The van der Waals surface area contributed by atoms with Crippen molar-refractivity contribution in [3.05, 3.63) is 65.7 Å². The predicted octanol–water partition coefficient (Wildman–Crippen LogP) is -0.0382. The molecule has 2 heterocycles. The van der Waals surface area contributed by atoms with Gasteiger partial charge in [-0.2, -0.15) is 0 Å². The van der Waals surface area contributed by atoms with Gasteiger partial charge in [0.05, 0.1) is 5.56 Å². The van der Waals surface area contributed by atoms with Crippen LogP contribution in [0.3, 0.4) is 0 Å². The molecule has 2 saturated heterocycles. The molecule has 0 saturated carbocycles. The summed E-state index contributed by atoms with van der Waals surface area (Å²) in [5, 5.41) is 7.54. The number of urea groups is 1. The average Bonchev–Trinajstić information content (AvgIpc) is 2.91. The number of carbonyl (C=O) groups is 6. The number of piperazine rings is 1. The number of hydrogen-bond donors (Lipinski definition) is 3. The van der Waals surface area contributed by atoms with Crippen LogP contribution in [0.4, 0.5) is 4.79 Å². The van der Waals surface area contributed by atoms with E-state index in [9.17, 15) is 28.8 Å². The van der Waals surface area contributed by atoms with Gasteiger partial charge in [0.15, 0.2) is 0 Å². The number of amides is 6. The van der Waals surface area contributed by atoms with E-state index in [1.165, 1.54) is 29.2 Å². The van der Waals surface area contributed by atoms with Gasteiger partial charge in [-0.05, 0) is 36.8 Å². The largest absolute Gasteiger partial charge is 0.423 e. The lowest BCUT2D eigenvalue weighted by Crippen LogP contribution is -2.63. The van der Waals surface area contributed by atoms with Gasteiger partial charge in [0.2, 0.25) is 11.8 Å². The van der Waals surface area contributed by atoms with Crippen LogP contribution in [0.5, 0.6) is 5.75 Å². The zero-order valence-corrected chi connectivity index (χ0v) is 19.9. The monoisotopic (exact) mass is 507 g/mol. The van der Waals surface area contributed by atoms with E-state index in [0.29, 0.717) is 17.7 Å². The molecule has 0 radical (unpaired) electrons. The molecule has 0 spiro atoms. The first-order valence-electron chi connectivity index (χ1n) is 11.6. The lowest BCUT2D eigenvalue weighted by molar-refractivity contribution is -0.153. The number of rotatable bonds is 7. The molecule has 2 aliphatic heterocycles. The number of likely N-dealkylation sites (N-methyl/N-ethyl adjacent to an activating group) is 1. The third-order valence-electron chi connectivity index (χ3n) is 6.01. The number of nitrogens with one attached hydrogen (secondary N) is 3. The number of benzene rings is 2. The van der Waals surface area contributed by atoms with Crippen molar-refractivity contribution in [2.45, 2.75) is 19.0 Å². The van der Waals surface area contributed by atoms with Crippen LogP contribution >= 0.6 is 0 Å². The summed E-state index contributed by atoms with van der Waals surface area (Å²) in [6.07, 6.45) is 0. The molecule has 6 amide bonds. The van der Waals surface area contributed by atoms with E-state index in [1.54, 1.807) is 37.3 Å². The van der Waals surface area contributed by atoms with Crippen molar-refractivity contribution in [3.63, 3.8) is 0 Å². The van der Waals surface area contributed by atoms with Crippen LogP contribution in [0.1, 0.15) is 28.9 Å². The molecule has 4 rings (SSSR count). The van der Waals surface area contributed by atoms with Crippen molar-refractivity contribution in [3.8, 4) is 5.75 Å². The van der Waals surface area contributed by atoms with Crippen LogP contribution in [-0.2, 0) is 19.2 Å². The molecule has 2 aliphatic rings. The minimum absolute atomic E-state index is 0.0298. The summed E-state index contributed by atoms with van der Waals surface area (Å²) in [5.41, 5.74) is 0.660. The summed E-state index contributed by atoms with van der Waals surface area (Å²) in [4.78, 5) is 76.6. The van der Waals surface area contributed by atoms with Crippen LogP contribution in [0, 0.1) is 0 Å². The van der Waals surface area contributed by atoms with E-state index in [-0.39, 0.29) is 31.3 Å². The fourth-order valence-corrected chi connectivity index (χ4v) is 3.80. The van der Waals surface area contributed by atoms with Gasteiger partial charge in [0.1, 0.15) is 17.8 Å². The fraction of sp³-hybridized carbons (Fsp3) is 0.280.